The van der Waals surface area contributed by atoms with Crippen molar-refractivity contribution in [3.63, 3.8) is 0 Å². The van der Waals surface area contributed by atoms with E-state index in [1.807, 2.05) is 30.3 Å². The molecule has 0 spiro atoms. The molecule has 8 heteroatoms. The number of nitrogens with one attached hydrogen (secondary N) is 1. The lowest BCUT2D eigenvalue weighted by atomic mass is 9.93. The van der Waals surface area contributed by atoms with Crippen molar-refractivity contribution in [2.24, 2.45) is 0 Å². The number of benzene rings is 3. The van der Waals surface area contributed by atoms with Crippen LogP contribution in [0.25, 0.3) is 44.2 Å². The molecule has 0 unspecified atom stereocenters. The molecular weight excluding hydrogens is 483 g/mol. The zero-order valence-corrected chi connectivity index (χ0v) is 19.7. The van der Waals surface area contributed by atoms with Crippen LogP contribution in [0.4, 0.5) is 4.39 Å². The van der Waals surface area contributed by atoms with Gasteiger partial charge in [0.25, 0.3) is 0 Å². The van der Waals surface area contributed by atoms with Crippen LogP contribution in [-0.2, 0) is 10.1 Å². The average molecular weight is 501 g/mol. The van der Waals surface area contributed by atoms with E-state index in [2.05, 4.69) is 9.97 Å². The van der Waals surface area contributed by atoms with Crippen molar-refractivity contribution in [1.29, 1.82) is 0 Å². The molecule has 0 fully saturated rings. The fraction of sp³-hybridized carbons (Fsp3) is 0. The summed E-state index contributed by atoms with van der Waals surface area (Å²) >= 11 is 1.10. The number of nitrogens with zero attached hydrogens (tertiary/aromatic N) is 1. The fourth-order valence-corrected chi connectivity index (χ4v) is 6.09. The Balaban J connectivity index is 1.60. The third-order valence-corrected chi connectivity index (χ3v) is 8.36. The predicted octanol–water partition coefficient (Wildman–Crippen LogP) is 7.02. The van der Waals surface area contributed by atoms with E-state index in [1.165, 1.54) is 18.2 Å². The first kappa shape index (κ1) is 21.5. The van der Waals surface area contributed by atoms with Crippen molar-refractivity contribution in [3.05, 3.63) is 102 Å². The van der Waals surface area contributed by atoms with Crippen molar-refractivity contribution < 1.29 is 17.0 Å². The first-order valence-corrected chi connectivity index (χ1v) is 13.0. The van der Waals surface area contributed by atoms with Crippen LogP contribution in [0.5, 0.6) is 5.75 Å². The molecule has 3 heterocycles. The normalized spacial score (nSPS) is 11.8. The molecule has 1 N–H and O–H groups in total. The molecule has 3 aromatic heterocycles. The van der Waals surface area contributed by atoms with E-state index in [4.69, 9.17) is 4.18 Å². The Morgan fingerprint density at radius 3 is 2.43 bits per heavy atom. The van der Waals surface area contributed by atoms with Crippen molar-refractivity contribution in [2.75, 3.05) is 0 Å². The maximum absolute atomic E-state index is 13.6. The Labute approximate surface area is 204 Å². The summed E-state index contributed by atoms with van der Waals surface area (Å²) in [5, 5.41) is 3.29. The molecule has 5 nitrogen and oxygen atoms in total. The minimum Gasteiger partial charge on any atom is -0.378 e. The number of hydrogen-bond donors (Lipinski definition) is 1. The lowest BCUT2D eigenvalue weighted by Crippen LogP contribution is -2.07. The Morgan fingerprint density at radius 1 is 0.886 bits per heavy atom. The molecule has 0 saturated heterocycles. The molecule has 0 saturated carbocycles. The van der Waals surface area contributed by atoms with E-state index in [0.717, 1.165) is 49.9 Å². The number of aromatic amines is 1. The zero-order valence-electron chi connectivity index (χ0n) is 18.1. The molecule has 6 rings (SSSR count). The van der Waals surface area contributed by atoms with Crippen molar-refractivity contribution in [1.82, 2.24) is 9.97 Å². The van der Waals surface area contributed by atoms with Gasteiger partial charge in [-0.25, -0.2) is 9.37 Å². The maximum atomic E-state index is 13.6. The molecule has 172 valence electrons. The highest BCUT2D eigenvalue weighted by molar-refractivity contribution is 7.89. The number of aromatic nitrogens is 2. The average Bonchev–Trinajstić information content (AvgIpc) is 3.53. The van der Waals surface area contributed by atoms with Crippen molar-refractivity contribution in [2.45, 2.75) is 4.21 Å². The van der Waals surface area contributed by atoms with Gasteiger partial charge in [-0.1, -0.05) is 48.5 Å². The summed E-state index contributed by atoms with van der Waals surface area (Å²) in [6.45, 7) is 0. The highest BCUT2D eigenvalue weighted by atomic mass is 32.3. The van der Waals surface area contributed by atoms with Gasteiger partial charge in [-0.05, 0) is 52.9 Å². The molecule has 35 heavy (non-hydrogen) atoms. The zero-order chi connectivity index (χ0) is 24.0. The van der Waals surface area contributed by atoms with E-state index >= 15 is 0 Å². The standard InChI is InChI=1S/C27H17FN2O3S2/c28-19-10-8-17(9-11-19)22-16-29-27-26(25(22)18-5-2-1-3-6-18)21-15-20(12-13-23(21)30-27)33-35(31,32)24-7-4-14-34-24/h1-16H,(H,29,30). The van der Waals surface area contributed by atoms with Crippen LogP contribution in [0.15, 0.2) is 101 Å². The second-order valence-corrected chi connectivity index (χ2v) is 10.7. The fourth-order valence-electron chi connectivity index (χ4n) is 4.21. The summed E-state index contributed by atoms with van der Waals surface area (Å²) in [5.41, 5.74) is 4.97. The lowest BCUT2D eigenvalue weighted by Gasteiger charge is -2.12. The molecule has 0 amide bonds. The second-order valence-electron chi connectivity index (χ2n) is 7.95. The Kier molecular flexibility index (Phi) is 5.12. The first-order valence-electron chi connectivity index (χ1n) is 10.7. The van der Waals surface area contributed by atoms with Gasteiger partial charge in [-0.3, -0.25) is 0 Å². The maximum Gasteiger partial charge on any atom is 0.348 e. The highest BCUT2D eigenvalue weighted by Gasteiger charge is 2.21. The van der Waals surface area contributed by atoms with Gasteiger partial charge in [0.1, 0.15) is 17.2 Å². The van der Waals surface area contributed by atoms with Crippen LogP contribution < -0.4 is 4.18 Å². The SMILES string of the molecule is O=S(=O)(Oc1ccc2[nH]c3ncc(-c4ccc(F)cc4)c(-c4ccccc4)c3c2c1)c1cccs1. The van der Waals surface area contributed by atoms with Gasteiger partial charge in [0.2, 0.25) is 0 Å². The molecule has 0 atom stereocenters. The molecule has 0 bridgehead atoms. The summed E-state index contributed by atoms with van der Waals surface area (Å²) in [6.07, 6.45) is 1.77. The van der Waals surface area contributed by atoms with Gasteiger partial charge < -0.3 is 9.17 Å². The summed E-state index contributed by atoms with van der Waals surface area (Å²) < 4.78 is 44.6. The summed E-state index contributed by atoms with van der Waals surface area (Å²) in [5.74, 6) is -0.108. The minimum absolute atomic E-state index is 0.141. The first-order chi connectivity index (χ1) is 17.0. The third-order valence-electron chi connectivity index (χ3n) is 5.76. The number of pyridine rings is 1. The lowest BCUT2D eigenvalue weighted by molar-refractivity contribution is 0.488. The molecule has 0 aliphatic carbocycles. The number of fused-ring (bicyclic) bond motifs is 3. The van der Waals surface area contributed by atoms with Crippen molar-refractivity contribution >= 4 is 43.4 Å². The number of halogens is 1. The smallest absolute Gasteiger partial charge is 0.348 e. The van der Waals surface area contributed by atoms with E-state index < -0.39 is 10.1 Å². The van der Waals surface area contributed by atoms with E-state index in [1.54, 1.807) is 48.0 Å². The minimum atomic E-state index is -3.94. The van der Waals surface area contributed by atoms with Gasteiger partial charge in [0, 0.05) is 33.6 Å². The molecule has 0 aliphatic heterocycles. The van der Waals surface area contributed by atoms with Crippen LogP contribution >= 0.6 is 11.3 Å². The van der Waals surface area contributed by atoms with Gasteiger partial charge in [-0.15, -0.1) is 11.3 Å². The quantitative estimate of drug-likeness (QED) is 0.258. The van der Waals surface area contributed by atoms with Crippen LogP contribution in [-0.4, -0.2) is 18.4 Å². The van der Waals surface area contributed by atoms with Gasteiger partial charge in [0.15, 0.2) is 4.21 Å². The number of rotatable bonds is 5. The molecular formula is C27H17FN2O3S2. The Hall–Kier alpha value is -4.01. The summed E-state index contributed by atoms with van der Waals surface area (Å²) in [6, 6.07) is 24.4. The van der Waals surface area contributed by atoms with E-state index in [0.29, 0.717) is 5.65 Å². The highest BCUT2D eigenvalue weighted by Crippen LogP contribution is 2.41. The summed E-state index contributed by atoms with van der Waals surface area (Å²) in [4.78, 5) is 7.96. The van der Waals surface area contributed by atoms with Gasteiger partial charge in [0.05, 0.1) is 0 Å². The van der Waals surface area contributed by atoms with Crippen LogP contribution in [0.3, 0.4) is 0 Å². The third kappa shape index (κ3) is 3.86. The topological polar surface area (TPSA) is 72.1 Å². The largest absolute Gasteiger partial charge is 0.378 e. The molecule has 6 aromatic rings. The predicted molar refractivity (Wildman–Crippen MR) is 137 cm³/mol. The number of thiophene rings is 1. The van der Waals surface area contributed by atoms with Gasteiger partial charge >= 0.3 is 10.1 Å². The molecule has 3 aromatic carbocycles. The van der Waals surface area contributed by atoms with Crippen LogP contribution in [0.2, 0.25) is 0 Å². The molecule has 0 radical (unpaired) electrons. The van der Waals surface area contributed by atoms with Gasteiger partial charge in [-0.2, -0.15) is 8.42 Å². The number of H-pyrrole nitrogens is 1. The van der Waals surface area contributed by atoms with Crippen molar-refractivity contribution in [3.8, 4) is 28.0 Å². The van der Waals surface area contributed by atoms with Crippen LogP contribution in [0, 0.1) is 5.82 Å². The summed E-state index contributed by atoms with van der Waals surface area (Å²) in [7, 11) is -3.94. The Morgan fingerprint density at radius 2 is 1.69 bits per heavy atom. The monoisotopic (exact) mass is 500 g/mol. The van der Waals surface area contributed by atoms with E-state index in [-0.39, 0.29) is 15.8 Å². The van der Waals surface area contributed by atoms with E-state index in [9.17, 15) is 12.8 Å². The second kappa shape index (κ2) is 8.33. The number of hydrogen-bond acceptors (Lipinski definition) is 5. The Bertz CT molecular complexity index is 1780. The van der Waals surface area contributed by atoms with Crippen LogP contribution in [0.1, 0.15) is 0 Å². The molecule has 0 aliphatic rings.